The Kier molecular flexibility index (Phi) is 9.58. The van der Waals surface area contributed by atoms with Crippen LogP contribution in [0.1, 0.15) is 50.9 Å². The molecule has 0 saturated carbocycles. The van der Waals surface area contributed by atoms with Gasteiger partial charge in [0.25, 0.3) is 0 Å². The SMILES string of the molecule is C=CC1COC(c2ccc(-c3ccc(-c4ccc(OCCCCCCC)c(F)c4F)cc3)c(F)c2F)OC1. The van der Waals surface area contributed by atoms with E-state index in [0.717, 1.165) is 32.1 Å². The van der Waals surface area contributed by atoms with E-state index in [-0.39, 0.29) is 28.4 Å². The largest absolute Gasteiger partial charge is 0.490 e. The van der Waals surface area contributed by atoms with E-state index in [1.165, 1.54) is 48.5 Å². The van der Waals surface area contributed by atoms with Crippen molar-refractivity contribution < 1.29 is 31.8 Å². The second-order valence-electron chi connectivity index (χ2n) is 9.40. The lowest BCUT2D eigenvalue weighted by Crippen LogP contribution is -2.26. The summed E-state index contributed by atoms with van der Waals surface area (Å²) >= 11 is 0. The van der Waals surface area contributed by atoms with Crippen LogP contribution >= 0.6 is 0 Å². The molecule has 3 aromatic rings. The molecular weight excluding hydrogens is 496 g/mol. The highest BCUT2D eigenvalue weighted by atomic mass is 19.2. The molecule has 0 aromatic heterocycles. The third-order valence-corrected chi connectivity index (χ3v) is 6.68. The van der Waals surface area contributed by atoms with Crippen molar-refractivity contribution >= 4 is 0 Å². The fourth-order valence-electron chi connectivity index (χ4n) is 4.39. The molecule has 0 N–H and O–H groups in total. The van der Waals surface area contributed by atoms with Crippen LogP contribution in [0.5, 0.6) is 5.75 Å². The van der Waals surface area contributed by atoms with Gasteiger partial charge in [-0.1, -0.05) is 75.1 Å². The van der Waals surface area contributed by atoms with Gasteiger partial charge in [0.15, 0.2) is 29.5 Å². The third kappa shape index (κ3) is 6.27. The van der Waals surface area contributed by atoms with Gasteiger partial charge in [-0.2, -0.15) is 4.39 Å². The number of benzene rings is 3. The summed E-state index contributed by atoms with van der Waals surface area (Å²) in [5, 5.41) is 0. The van der Waals surface area contributed by atoms with Crippen LogP contribution in [0.15, 0.2) is 61.2 Å². The number of rotatable bonds is 11. The van der Waals surface area contributed by atoms with Crippen molar-refractivity contribution in [2.24, 2.45) is 5.92 Å². The van der Waals surface area contributed by atoms with Crippen LogP contribution in [0, 0.1) is 29.2 Å². The van der Waals surface area contributed by atoms with Crippen LogP contribution in [0.3, 0.4) is 0 Å². The lowest BCUT2D eigenvalue weighted by Gasteiger charge is -2.28. The molecule has 0 atom stereocenters. The first-order chi connectivity index (χ1) is 18.4. The van der Waals surface area contributed by atoms with Crippen LogP contribution in [0.25, 0.3) is 22.3 Å². The first-order valence-electron chi connectivity index (χ1n) is 13.0. The molecule has 1 heterocycles. The molecule has 0 spiro atoms. The first kappa shape index (κ1) is 27.9. The van der Waals surface area contributed by atoms with Gasteiger partial charge >= 0.3 is 0 Å². The number of ether oxygens (including phenoxy) is 3. The van der Waals surface area contributed by atoms with E-state index in [1.54, 1.807) is 6.08 Å². The van der Waals surface area contributed by atoms with Crippen LogP contribution in [-0.2, 0) is 9.47 Å². The van der Waals surface area contributed by atoms with Crippen molar-refractivity contribution in [3.05, 3.63) is 90.0 Å². The molecule has 38 heavy (non-hydrogen) atoms. The minimum absolute atomic E-state index is 0.000642. The fourth-order valence-corrected chi connectivity index (χ4v) is 4.39. The Bertz CT molecular complexity index is 1230. The quantitative estimate of drug-likeness (QED) is 0.141. The van der Waals surface area contributed by atoms with E-state index in [0.29, 0.717) is 30.9 Å². The Morgan fingerprint density at radius 1 is 0.763 bits per heavy atom. The van der Waals surface area contributed by atoms with Gasteiger partial charge < -0.3 is 14.2 Å². The maximum absolute atomic E-state index is 15.0. The standard InChI is InChI=1S/C31H32F4O3/c1-3-5-6-7-8-17-36-26-16-15-24(28(33)30(26)35)22-11-9-21(10-12-22)23-13-14-25(29(34)27(23)32)31-37-18-20(4-2)19-38-31/h4,9-16,20,31H,2-3,5-8,17-19H2,1H3. The molecule has 0 radical (unpaired) electrons. The highest BCUT2D eigenvalue weighted by Crippen LogP contribution is 2.35. The monoisotopic (exact) mass is 528 g/mol. The third-order valence-electron chi connectivity index (χ3n) is 6.68. The smallest absolute Gasteiger partial charge is 0.201 e. The highest BCUT2D eigenvalue weighted by Gasteiger charge is 2.27. The van der Waals surface area contributed by atoms with Gasteiger partial charge in [0.2, 0.25) is 5.82 Å². The number of hydrogen-bond acceptors (Lipinski definition) is 3. The summed E-state index contributed by atoms with van der Waals surface area (Å²) in [4.78, 5) is 0. The summed E-state index contributed by atoms with van der Waals surface area (Å²) in [6.07, 6.45) is 5.81. The molecule has 3 aromatic carbocycles. The molecule has 0 unspecified atom stereocenters. The molecule has 0 bridgehead atoms. The number of unbranched alkanes of at least 4 members (excludes halogenated alkanes) is 4. The summed E-state index contributed by atoms with van der Waals surface area (Å²) in [6, 6.07) is 11.9. The molecule has 7 heteroatoms. The Morgan fingerprint density at radius 2 is 1.34 bits per heavy atom. The predicted molar refractivity (Wildman–Crippen MR) is 140 cm³/mol. The van der Waals surface area contributed by atoms with Gasteiger partial charge in [0.1, 0.15) is 0 Å². The molecule has 3 nitrogen and oxygen atoms in total. The van der Waals surface area contributed by atoms with Crippen LogP contribution in [0.4, 0.5) is 17.6 Å². The molecule has 1 aliphatic rings. The van der Waals surface area contributed by atoms with Crippen LogP contribution in [0.2, 0.25) is 0 Å². The first-order valence-corrected chi connectivity index (χ1v) is 13.0. The zero-order valence-corrected chi connectivity index (χ0v) is 21.5. The average molecular weight is 529 g/mol. The van der Waals surface area contributed by atoms with Crippen LogP contribution < -0.4 is 4.74 Å². The molecule has 202 valence electrons. The summed E-state index contributed by atoms with van der Waals surface area (Å²) in [5.41, 5.74) is 0.848. The van der Waals surface area contributed by atoms with Gasteiger partial charge in [-0.3, -0.25) is 0 Å². The zero-order chi connectivity index (χ0) is 27.1. The molecule has 0 amide bonds. The average Bonchev–Trinajstić information content (AvgIpc) is 2.94. The van der Waals surface area contributed by atoms with Crippen molar-refractivity contribution in [3.63, 3.8) is 0 Å². The van der Waals surface area contributed by atoms with E-state index in [1.807, 2.05) is 0 Å². The summed E-state index contributed by atoms with van der Waals surface area (Å²) < 4.78 is 75.8. The van der Waals surface area contributed by atoms with E-state index >= 15 is 0 Å². The van der Waals surface area contributed by atoms with Crippen molar-refractivity contribution in [2.75, 3.05) is 19.8 Å². The van der Waals surface area contributed by atoms with Gasteiger partial charge in [-0.25, -0.2) is 13.2 Å². The Morgan fingerprint density at radius 3 is 1.95 bits per heavy atom. The topological polar surface area (TPSA) is 27.7 Å². The van der Waals surface area contributed by atoms with Gasteiger partial charge in [-0.15, -0.1) is 6.58 Å². The maximum atomic E-state index is 15.0. The van der Waals surface area contributed by atoms with Crippen molar-refractivity contribution in [1.29, 1.82) is 0 Å². The Hall–Kier alpha value is -3.16. The predicted octanol–water partition coefficient (Wildman–Crippen LogP) is 8.77. The summed E-state index contributed by atoms with van der Waals surface area (Å²) in [6.45, 7) is 6.74. The Balaban J connectivity index is 1.46. The molecule has 1 aliphatic heterocycles. The lowest BCUT2D eigenvalue weighted by molar-refractivity contribution is -0.198. The highest BCUT2D eigenvalue weighted by molar-refractivity contribution is 5.71. The maximum Gasteiger partial charge on any atom is 0.201 e. The van der Waals surface area contributed by atoms with Gasteiger partial charge in [0, 0.05) is 22.6 Å². The molecule has 4 rings (SSSR count). The molecular formula is C31H32F4O3. The van der Waals surface area contributed by atoms with E-state index in [4.69, 9.17) is 14.2 Å². The second kappa shape index (κ2) is 13.1. The fraction of sp³-hybridized carbons (Fsp3) is 0.355. The second-order valence-corrected chi connectivity index (χ2v) is 9.40. The summed E-state index contributed by atoms with van der Waals surface area (Å²) in [7, 11) is 0. The van der Waals surface area contributed by atoms with E-state index in [2.05, 4.69) is 13.5 Å². The zero-order valence-electron chi connectivity index (χ0n) is 21.5. The normalized spacial score (nSPS) is 17.4. The summed E-state index contributed by atoms with van der Waals surface area (Å²) in [5.74, 6) is -4.28. The minimum Gasteiger partial charge on any atom is -0.490 e. The molecule has 1 saturated heterocycles. The van der Waals surface area contributed by atoms with Crippen molar-refractivity contribution in [2.45, 2.75) is 45.3 Å². The van der Waals surface area contributed by atoms with E-state index in [9.17, 15) is 17.6 Å². The van der Waals surface area contributed by atoms with Gasteiger partial charge in [0.05, 0.1) is 19.8 Å². The minimum atomic E-state index is -1.05. The van der Waals surface area contributed by atoms with E-state index < -0.39 is 29.6 Å². The van der Waals surface area contributed by atoms with Crippen LogP contribution in [-0.4, -0.2) is 19.8 Å². The van der Waals surface area contributed by atoms with Gasteiger partial charge in [-0.05, 0) is 29.7 Å². The molecule has 1 fully saturated rings. The molecule has 0 aliphatic carbocycles. The number of halogens is 4. The number of hydrogen-bond donors (Lipinski definition) is 0. The lowest BCUT2D eigenvalue weighted by atomic mass is 9.98. The van der Waals surface area contributed by atoms with Crippen molar-refractivity contribution in [1.82, 2.24) is 0 Å². The van der Waals surface area contributed by atoms with Crippen molar-refractivity contribution in [3.8, 4) is 28.0 Å². The Labute approximate surface area is 221 Å².